The van der Waals surface area contributed by atoms with E-state index < -0.39 is 21.8 Å². The quantitative estimate of drug-likeness (QED) is 0.485. The zero-order chi connectivity index (χ0) is 20.3. The predicted octanol–water partition coefficient (Wildman–Crippen LogP) is 3.99. The molecular weight excluding hydrogens is 465 g/mol. The van der Waals surface area contributed by atoms with Crippen molar-refractivity contribution in [3.8, 4) is 0 Å². The normalized spacial score (nSPS) is 11.1. The minimum atomic E-state index is -3.92. The standard InChI is InChI=1S/C16H11Cl2N3O4S3/c17-13-8-12(14(18)27-13)28(24,25)21-10-5-3-9(4-6-10)15(22)19-20-16(23)11-2-1-7-26-11/h1-8,21H,(H,19,22)(H,20,23). The van der Waals surface area contributed by atoms with E-state index in [1.807, 2.05) is 0 Å². The van der Waals surface area contributed by atoms with E-state index in [9.17, 15) is 18.0 Å². The van der Waals surface area contributed by atoms with Crippen molar-refractivity contribution >= 4 is 73.4 Å². The highest BCUT2D eigenvalue weighted by molar-refractivity contribution is 7.93. The molecule has 146 valence electrons. The van der Waals surface area contributed by atoms with Gasteiger partial charge in [-0.05, 0) is 41.8 Å². The van der Waals surface area contributed by atoms with Crippen LogP contribution in [0.4, 0.5) is 5.69 Å². The number of hydrazine groups is 1. The molecule has 2 aromatic heterocycles. The monoisotopic (exact) mass is 475 g/mol. The summed E-state index contributed by atoms with van der Waals surface area (Å²) in [6.45, 7) is 0. The third-order valence-electron chi connectivity index (χ3n) is 3.35. The Morgan fingerprint density at radius 2 is 1.64 bits per heavy atom. The summed E-state index contributed by atoms with van der Waals surface area (Å²) >= 11 is 13.9. The van der Waals surface area contributed by atoms with Crippen LogP contribution in [-0.2, 0) is 10.0 Å². The highest BCUT2D eigenvalue weighted by Gasteiger charge is 2.21. The third-order valence-corrected chi connectivity index (χ3v) is 7.35. The van der Waals surface area contributed by atoms with Gasteiger partial charge in [0.25, 0.3) is 21.8 Å². The van der Waals surface area contributed by atoms with Gasteiger partial charge in [-0.25, -0.2) is 8.42 Å². The van der Waals surface area contributed by atoms with Crippen molar-refractivity contribution in [2.24, 2.45) is 0 Å². The van der Waals surface area contributed by atoms with E-state index in [0.29, 0.717) is 4.88 Å². The molecule has 0 saturated heterocycles. The van der Waals surface area contributed by atoms with Crippen LogP contribution in [0.5, 0.6) is 0 Å². The number of hydrogen-bond acceptors (Lipinski definition) is 6. The number of nitrogens with one attached hydrogen (secondary N) is 3. The van der Waals surface area contributed by atoms with E-state index in [2.05, 4.69) is 15.6 Å². The fourth-order valence-corrected chi connectivity index (χ4v) is 5.89. The number of rotatable bonds is 5. The van der Waals surface area contributed by atoms with Crippen LogP contribution in [-0.4, -0.2) is 20.2 Å². The zero-order valence-corrected chi connectivity index (χ0v) is 17.7. The Bertz CT molecular complexity index is 1110. The van der Waals surface area contributed by atoms with Crippen molar-refractivity contribution in [2.75, 3.05) is 4.72 Å². The lowest BCUT2D eigenvalue weighted by Crippen LogP contribution is -2.41. The Hall–Kier alpha value is -2.11. The van der Waals surface area contributed by atoms with Crippen molar-refractivity contribution in [1.29, 1.82) is 0 Å². The van der Waals surface area contributed by atoms with Crippen molar-refractivity contribution in [2.45, 2.75) is 4.90 Å². The van der Waals surface area contributed by atoms with E-state index in [4.69, 9.17) is 23.2 Å². The summed E-state index contributed by atoms with van der Waals surface area (Å²) in [5, 5.41) is 1.74. The van der Waals surface area contributed by atoms with Crippen molar-refractivity contribution in [3.05, 3.63) is 67.0 Å². The lowest BCUT2D eigenvalue weighted by molar-refractivity contribution is 0.0849. The van der Waals surface area contributed by atoms with Crippen molar-refractivity contribution < 1.29 is 18.0 Å². The SMILES string of the molecule is O=C(NNC(=O)c1cccs1)c1ccc(NS(=O)(=O)c2cc(Cl)sc2Cl)cc1. The molecule has 0 aliphatic heterocycles. The Morgan fingerprint density at radius 1 is 0.964 bits per heavy atom. The number of thiophene rings is 2. The number of carbonyl (C=O) groups excluding carboxylic acids is 2. The smallest absolute Gasteiger partial charge is 0.279 e. The summed E-state index contributed by atoms with van der Waals surface area (Å²) in [6, 6.07) is 10.2. The van der Waals surface area contributed by atoms with Gasteiger partial charge in [-0.15, -0.1) is 22.7 Å². The summed E-state index contributed by atoms with van der Waals surface area (Å²) in [7, 11) is -3.92. The van der Waals surface area contributed by atoms with Crippen LogP contribution in [0.1, 0.15) is 20.0 Å². The van der Waals surface area contributed by atoms with Gasteiger partial charge in [-0.1, -0.05) is 29.3 Å². The minimum Gasteiger partial charge on any atom is -0.280 e. The van der Waals surface area contributed by atoms with Gasteiger partial charge in [0, 0.05) is 11.3 Å². The molecule has 0 atom stereocenters. The van der Waals surface area contributed by atoms with E-state index in [-0.39, 0.29) is 24.8 Å². The maximum Gasteiger partial charge on any atom is 0.279 e. The van der Waals surface area contributed by atoms with E-state index in [0.717, 1.165) is 11.3 Å². The molecule has 3 rings (SSSR count). The van der Waals surface area contributed by atoms with Gasteiger partial charge in [0.2, 0.25) is 0 Å². The second-order valence-electron chi connectivity index (χ2n) is 5.26. The topological polar surface area (TPSA) is 104 Å². The first kappa shape index (κ1) is 20.6. The van der Waals surface area contributed by atoms with E-state index in [1.165, 1.54) is 41.7 Å². The van der Waals surface area contributed by atoms with Gasteiger partial charge in [-0.2, -0.15) is 0 Å². The second-order valence-corrected chi connectivity index (χ2v) is 10.1. The zero-order valence-electron chi connectivity index (χ0n) is 13.7. The van der Waals surface area contributed by atoms with Crippen LogP contribution in [0.3, 0.4) is 0 Å². The van der Waals surface area contributed by atoms with Crippen LogP contribution in [0.25, 0.3) is 0 Å². The fraction of sp³-hybridized carbons (Fsp3) is 0. The molecule has 2 amide bonds. The van der Waals surface area contributed by atoms with Crippen LogP contribution < -0.4 is 15.6 Å². The maximum atomic E-state index is 12.4. The highest BCUT2D eigenvalue weighted by atomic mass is 35.5. The number of benzene rings is 1. The number of anilines is 1. The molecule has 7 nitrogen and oxygen atoms in total. The number of carbonyl (C=O) groups is 2. The van der Waals surface area contributed by atoms with Crippen LogP contribution in [0, 0.1) is 0 Å². The lowest BCUT2D eigenvalue weighted by atomic mass is 10.2. The predicted molar refractivity (Wildman–Crippen MR) is 111 cm³/mol. The Balaban J connectivity index is 1.63. The number of halogens is 2. The lowest BCUT2D eigenvalue weighted by Gasteiger charge is -2.09. The van der Waals surface area contributed by atoms with Crippen LogP contribution in [0.15, 0.2) is 52.7 Å². The molecule has 0 aliphatic carbocycles. The first-order valence-corrected chi connectivity index (χ1v) is 11.4. The molecule has 2 heterocycles. The highest BCUT2D eigenvalue weighted by Crippen LogP contribution is 2.35. The van der Waals surface area contributed by atoms with E-state index in [1.54, 1.807) is 17.5 Å². The summed E-state index contributed by atoms with van der Waals surface area (Å²) < 4.78 is 27.4. The van der Waals surface area contributed by atoms with Crippen molar-refractivity contribution in [3.63, 3.8) is 0 Å². The Morgan fingerprint density at radius 3 is 2.21 bits per heavy atom. The average molecular weight is 476 g/mol. The summed E-state index contributed by atoms with van der Waals surface area (Å²) in [6.07, 6.45) is 0. The van der Waals surface area contributed by atoms with Gasteiger partial charge >= 0.3 is 0 Å². The summed E-state index contributed by atoms with van der Waals surface area (Å²) in [5.41, 5.74) is 5.05. The molecule has 0 bridgehead atoms. The fourth-order valence-electron chi connectivity index (χ4n) is 2.06. The number of sulfonamides is 1. The summed E-state index contributed by atoms with van der Waals surface area (Å²) in [5.74, 6) is -0.981. The van der Waals surface area contributed by atoms with Gasteiger partial charge in [0.15, 0.2) is 0 Å². The second kappa shape index (κ2) is 8.50. The molecule has 0 saturated carbocycles. The third kappa shape index (κ3) is 4.83. The first-order chi connectivity index (χ1) is 13.3. The van der Waals surface area contributed by atoms with Gasteiger partial charge in [0.05, 0.1) is 9.21 Å². The maximum absolute atomic E-state index is 12.4. The molecule has 0 radical (unpaired) electrons. The number of hydrogen-bond donors (Lipinski definition) is 3. The van der Waals surface area contributed by atoms with Crippen molar-refractivity contribution in [1.82, 2.24) is 10.9 Å². The molecule has 3 aromatic rings. The van der Waals surface area contributed by atoms with Gasteiger partial charge in [-0.3, -0.25) is 25.2 Å². The molecule has 1 aromatic carbocycles. The van der Waals surface area contributed by atoms with Gasteiger partial charge in [0.1, 0.15) is 9.23 Å². The van der Waals surface area contributed by atoms with Crippen LogP contribution in [0.2, 0.25) is 8.67 Å². The Kier molecular flexibility index (Phi) is 6.26. The molecule has 0 aliphatic rings. The first-order valence-electron chi connectivity index (χ1n) is 7.48. The average Bonchev–Trinajstić information content (AvgIpc) is 3.29. The van der Waals surface area contributed by atoms with E-state index >= 15 is 0 Å². The molecule has 0 spiro atoms. The molecular formula is C16H11Cl2N3O4S3. The Labute approximate surface area is 178 Å². The molecule has 28 heavy (non-hydrogen) atoms. The largest absolute Gasteiger partial charge is 0.280 e. The van der Waals surface area contributed by atoms with Crippen LogP contribution >= 0.6 is 45.9 Å². The van der Waals surface area contributed by atoms with Gasteiger partial charge < -0.3 is 0 Å². The molecule has 0 fully saturated rings. The minimum absolute atomic E-state index is 0.0509. The molecule has 12 heteroatoms. The molecule has 3 N–H and O–H groups in total. The number of amides is 2. The molecule has 0 unspecified atom stereocenters. The summed E-state index contributed by atoms with van der Waals surface area (Å²) in [4.78, 5) is 24.2.